The summed E-state index contributed by atoms with van der Waals surface area (Å²) in [5.41, 5.74) is 7.44. The zero-order valence-electron chi connectivity index (χ0n) is 12.4. The van der Waals surface area contributed by atoms with Gasteiger partial charge in [0.1, 0.15) is 12.4 Å². The van der Waals surface area contributed by atoms with E-state index in [9.17, 15) is 0 Å². The number of halogens is 2. The van der Waals surface area contributed by atoms with Crippen LogP contribution in [-0.4, -0.2) is 10.2 Å². The first-order valence-electron chi connectivity index (χ1n) is 7.04. The Hall–Kier alpha value is -2.06. The number of hydrogen-bond acceptors (Lipinski definition) is 5. The topological polar surface area (TPSA) is 74.2 Å². The van der Waals surface area contributed by atoms with Gasteiger partial charge in [0.2, 0.25) is 5.89 Å². The number of nitrogen functional groups attached to an aromatic ring is 1. The fourth-order valence-corrected chi connectivity index (χ4v) is 2.78. The van der Waals surface area contributed by atoms with Gasteiger partial charge in [-0.2, -0.15) is 0 Å². The van der Waals surface area contributed by atoms with Gasteiger partial charge in [0.05, 0.1) is 3.57 Å². The van der Waals surface area contributed by atoms with E-state index in [1.165, 1.54) is 0 Å². The number of nitrogens with two attached hydrogens (primary N) is 1. The van der Waals surface area contributed by atoms with E-state index >= 15 is 0 Å². The molecule has 2 N–H and O–H groups in total. The molecule has 0 amide bonds. The van der Waals surface area contributed by atoms with Crippen LogP contribution in [0.3, 0.4) is 0 Å². The number of ether oxygens (including phenoxy) is 1. The van der Waals surface area contributed by atoms with Gasteiger partial charge in [-0.15, -0.1) is 5.10 Å². The third kappa shape index (κ3) is 4.48. The highest BCUT2D eigenvalue weighted by atomic mass is 127. The number of hydrogen-bond donors (Lipinski definition) is 1. The van der Waals surface area contributed by atoms with Gasteiger partial charge in [-0.05, 0) is 64.1 Å². The number of anilines is 1. The van der Waals surface area contributed by atoms with Crippen LogP contribution in [0.4, 0.5) is 6.01 Å². The van der Waals surface area contributed by atoms with Crippen LogP contribution in [-0.2, 0) is 6.61 Å². The average molecular weight is 454 g/mol. The van der Waals surface area contributed by atoms with Gasteiger partial charge in [0.25, 0.3) is 0 Å². The molecule has 0 aliphatic heterocycles. The molecule has 0 saturated carbocycles. The molecule has 0 aliphatic rings. The van der Waals surface area contributed by atoms with E-state index in [-0.39, 0.29) is 6.01 Å². The van der Waals surface area contributed by atoms with Crippen molar-refractivity contribution in [1.82, 2.24) is 10.2 Å². The van der Waals surface area contributed by atoms with E-state index in [2.05, 4.69) is 32.8 Å². The van der Waals surface area contributed by atoms with Gasteiger partial charge in [0, 0.05) is 11.1 Å². The second kappa shape index (κ2) is 7.67. The predicted octanol–water partition coefficient (Wildman–Crippen LogP) is 4.66. The quantitative estimate of drug-likeness (QED) is 0.569. The van der Waals surface area contributed by atoms with Gasteiger partial charge >= 0.3 is 6.01 Å². The van der Waals surface area contributed by atoms with E-state index in [1.54, 1.807) is 6.08 Å². The highest BCUT2D eigenvalue weighted by molar-refractivity contribution is 14.1. The maximum absolute atomic E-state index is 5.88. The third-order valence-electron chi connectivity index (χ3n) is 3.14. The van der Waals surface area contributed by atoms with Crippen molar-refractivity contribution in [3.05, 3.63) is 68.1 Å². The van der Waals surface area contributed by atoms with Crippen LogP contribution in [0.1, 0.15) is 17.0 Å². The van der Waals surface area contributed by atoms with Gasteiger partial charge in [-0.3, -0.25) is 0 Å². The zero-order chi connectivity index (χ0) is 16.9. The molecular formula is C17H13ClIN3O2. The highest BCUT2D eigenvalue weighted by Gasteiger charge is 2.03. The molecule has 0 unspecified atom stereocenters. The van der Waals surface area contributed by atoms with Crippen LogP contribution < -0.4 is 10.5 Å². The summed E-state index contributed by atoms with van der Waals surface area (Å²) in [6.45, 7) is 0.490. The molecule has 0 fully saturated rings. The minimum Gasteiger partial charge on any atom is -0.488 e. The summed E-state index contributed by atoms with van der Waals surface area (Å²) in [6, 6.07) is 13.5. The van der Waals surface area contributed by atoms with Crippen molar-refractivity contribution >= 4 is 52.4 Å². The van der Waals surface area contributed by atoms with Crippen molar-refractivity contribution in [1.29, 1.82) is 0 Å². The molecule has 0 aliphatic carbocycles. The normalized spacial score (nSPS) is 11.1. The van der Waals surface area contributed by atoms with E-state index in [1.807, 2.05) is 48.5 Å². The van der Waals surface area contributed by atoms with Crippen LogP contribution in [0.25, 0.3) is 12.2 Å². The minimum atomic E-state index is 0.0511. The lowest BCUT2D eigenvalue weighted by Gasteiger charge is -2.09. The SMILES string of the molecule is Nc1nnc(/C=C/c2ccc(OCc3ccc(Cl)cc3)c(I)c2)o1. The second-order valence-electron chi connectivity index (χ2n) is 4.92. The molecule has 7 heteroatoms. The molecule has 24 heavy (non-hydrogen) atoms. The van der Waals surface area contributed by atoms with E-state index < -0.39 is 0 Å². The molecule has 122 valence electrons. The number of aromatic nitrogens is 2. The summed E-state index contributed by atoms with van der Waals surface area (Å²) in [5.74, 6) is 1.19. The summed E-state index contributed by atoms with van der Waals surface area (Å²) in [4.78, 5) is 0. The fourth-order valence-electron chi connectivity index (χ4n) is 1.96. The lowest BCUT2D eigenvalue weighted by atomic mass is 10.2. The van der Waals surface area contributed by atoms with Gasteiger partial charge < -0.3 is 14.9 Å². The Kier molecular flexibility index (Phi) is 5.37. The zero-order valence-corrected chi connectivity index (χ0v) is 15.4. The standard InChI is InChI=1S/C17H13ClIN3O2/c18-13-5-1-12(2-6-13)10-23-15-7-3-11(9-14(15)19)4-8-16-21-22-17(20)24-16/h1-9H,10H2,(H2,20,22)/b8-4+. The Bertz CT molecular complexity index is 863. The molecule has 0 bridgehead atoms. The van der Waals surface area contributed by atoms with Gasteiger partial charge in [0.15, 0.2) is 0 Å². The van der Waals surface area contributed by atoms with Crippen molar-refractivity contribution in [3.8, 4) is 5.75 Å². The number of rotatable bonds is 5. The lowest BCUT2D eigenvalue weighted by Crippen LogP contribution is -1.97. The first-order valence-corrected chi connectivity index (χ1v) is 8.50. The summed E-state index contributed by atoms with van der Waals surface area (Å²) in [7, 11) is 0. The van der Waals surface area contributed by atoms with E-state index in [0.29, 0.717) is 17.5 Å². The summed E-state index contributed by atoms with van der Waals surface area (Å²) < 4.78 is 11.9. The monoisotopic (exact) mass is 453 g/mol. The Balaban J connectivity index is 1.65. The smallest absolute Gasteiger partial charge is 0.313 e. The highest BCUT2D eigenvalue weighted by Crippen LogP contribution is 2.24. The number of nitrogens with zero attached hydrogens (tertiary/aromatic N) is 2. The molecule has 3 rings (SSSR count). The Morgan fingerprint density at radius 1 is 1.12 bits per heavy atom. The molecule has 1 heterocycles. The van der Waals surface area contributed by atoms with Crippen molar-refractivity contribution in [3.63, 3.8) is 0 Å². The molecule has 0 atom stereocenters. The van der Waals surface area contributed by atoms with Crippen LogP contribution in [0.2, 0.25) is 5.02 Å². The van der Waals surface area contributed by atoms with E-state index in [4.69, 9.17) is 26.5 Å². The maximum Gasteiger partial charge on any atom is 0.313 e. The van der Waals surface area contributed by atoms with Crippen LogP contribution >= 0.6 is 34.2 Å². The second-order valence-corrected chi connectivity index (χ2v) is 6.52. The number of benzene rings is 2. The molecule has 0 saturated heterocycles. The Labute approximate surface area is 157 Å². The van der Waals surface area contributed by atoms with Crippen molar-refractivity contribution < 1.29 is 9.15 Å². The first-order chi connectivity index (χ1) is 11.6. The molecule has 0 radical (unpaired) electrons. The molecule has 3 aromatic rings. The Morgan fingerprint density at radius 3 is 2.58 bits per heavy atom. The van der Waals surface area contributed by atoms with Crippen molar-refractivity contribution in [2.75, 3.05) is 5.73 Å². The largest absolute Gasteiger partial charge is 0.488 e. The summed E-state index contributed by atoms with van der Waals surface area (Å²) >= 11 is 8.12. The first kappa shape index (κ1) is 16.8. The average Bonchev–Trinajstić information content (AvgIpc) is 2.99. The Morgan fingerprint density at radius 2 is 1.92 bits per heavy atom. The lowest BCUT2D eigenvalue weighted by molar-refractivity contribution is 0.304. The van der Waals surface area contributed by atoms with Gasteiger partial charge in [-0.1, -0.05) is 34.9 Å². The fraction of sp³-hybridized carbons (Fsp3) is 0.0588. The van der Waals surface area contributed by atoms with Crippen molar-refractivity contribution in [2.24, 2.45) is 0 Å². The van der Waals surface area contributed by atoms with E-state index in [0.717, 1.165) is 20.4 Å². The summed E-state index contributed by atoms with van der Waals surface area (Å²) in [5, 5.41) is 8.09. The maximum atomic E-state index is 5.88. The molecule has 0 spiro atoms. The molecule has 1 aromatic heterocycles. The summed E-state index contributed by atoms with van der Waals surface area (Å²) in [6.07, 6.45) is 3.58. The van der Waals surface area contributed by atoms with Crippen molar-refractivity contribution in [2.45, 2.75) is 6.61 Å². The molecule has 2 aromatic carbocycles. The predicted molar refractivity (Wildman–Crippen MR) is 103 cm³/mol. The van der Waals surface area contributed by atoms with Gasteiger partial charge in [-0.25, -0.2) is 0 Å². The molecule has 5 nitrogen and oxygen atoms in total. The van der Waals surface area contributed by atoms with Crippen LogP contribution in [0.5, 0.6) is 5.75 Å². The minimum absolute atomic E-state index is 0.0511. The van der Waals surface area contributed by atoms with Crippen LogP contribution in [0, 0.1) is 3.57 Å². The van der Waals surface area contributed by atoms with Crippen LogP contribution in [0.15, 0.2) is 46.9 Å². The third-order valence-corrected chi connectivity index (χ3v) is 4.23. The molecular weight excluding hydrogens is 441 g/mol.